The van der Waals surface area contributed by atoms with Gasteiger partial charge in [-0.15, -0.1) is 0 Å². The average molecular weight is 329 g/mol. The number of aryl methyl sites for hydroxylation is 1. The first-order valence-electron chi connectivity index (χ1n) is 9.05. The SMILES string of the molecule is Cc1ccc(NC(=O)N2CCC(C(=O)NC3CCCC3)CC2)cc1. The summed E-state index contributed by atoms with van der Waals surface area (Å²) in [6, 6.07) is 8.09. The Hall–Kier alpha value is -2.04. The average Bonchev–Trinajstić information content (AvgIpc) is 3.10. The number of piperidine rings is 1. The van der Waals surface area contributed by atoms with Crippen LogP contribution in [0.5, 0.6) is 0 Å². The van der Waals surface area contributed by atoms with Gasteiger partial charge in [0.15, 0.2) is 0 Å². The molecule has 1 saturated heterocycles. The van der Waals surface area contributed by atoms with Crippen molar-refractivity contribution in [3.05, 3.63) is 29.8 Å². The van der Waals surface area contributed by atoms with Crippen LogP contribution in [-0.4, -0.2) is 36.0 Å². The van der Waals surface area contributed by atoms with Crippen molar-refractivity contribution in [1.82, 2.24) is 10.2 Å². The van der Waals surface area contributed by atoms with Gasteiger partial charge in [0.25, 0.3) is 0 Å². The number of amides is 3. The van der Waals surface area contributed by atoms with E-state index in [4.69, 9.17) is 0 Å². The largest absolute Gasteiger partial charge is 0.353 e. The van der Waals surface area contributed by atoms with Gasteiger partial charge in [0.2, 0.25) is 5.91 Å². The highest BCUT2D eigenvalue weighted by Crippen LogP contribution is 2.22. The minimum Gasteiger partial charge on any atom is -0.353 e. The maximum absolute atomic E-state index is 12.3. The molecule has 0 aromatic heterocycles. The smallest absolute Gasteiger partial charge is 0.321 e. The first-order chi connectivity index (χ1) is 11.6. The molecule has 1 aromatic carbocycles. The molecular weight excluding hydrogens is 302 g/mol. The third-order valence-electron chi connectivity index (χ3n) is 5.16. The zero-order chi connectivity index (χ0) is 16.9. The van der Waals surface area contributed by atoms with E-state index in [1.54, 1.807) is 4.90 Å². The highest BCUT2D eigenvalue weighted by molar-refractivity contribution is 5.89. The van der Waals surface area contributed by atoms with E-state index < -0.39 is 0 Å². The Labute approximate surface area is 143 Å². The van der Waals surface area contributed by atoms with Crippen LogP contribution >= 0.6 is 0 Å². The molecule has 2 aliphatic rings. The van der Waals surface area contributed by atoms with Gasteiger partial charge in [-0.25, -0.2) is 4.79 Å². The maximum Gasteiger partial charge on any atom is 0.321 e. The van der Waals surface area contributed by atoms with Crippen molar-refractivity contribution in [3.8, 4) is 0 Å². The van der Waals surface area contributed by atoms with E-state index in [-0.39, 0.29) is 17.9 Å². The van der Waals surface area contributed by atoms with Gasteiger partial charge in [-0.3, -0.25) is 4.79 Å². The van der Waals surface area contributed by atoms with Gasteiger partial charge in [-0.05, 0) is 44.7 Å². The fraction of sp³-hybridized carbons (Fsp3) is 0.579. The van der Waals surface area contributed by atoms with Crippen molar-refractivity contribution >= 4 is 17.6 Å². The quantitative estimate of drug-likeness (QED) is 0.894. The minimum absolute atomic E-state index is 0.0500. The molecule has 1 aromatic rings. The number of hydrogen-bond acceptors (Lipinski definition) is 2. The van der Waals surface area contributed by atoms with E-state index in [1.807, 2.05) is 31.2 Å². The molecule has 1 heterocycles. The normalized spacial score (nSPS) is 19.3. The highest BCUT2D eigenvalue weighted by atomic mass is 16.2. The first-order valence-corrected chi connectivity index (χ1v) is 9.05. The summed E-state index contributed by atoms with van der Waals surface area (Å²) in [7, 11) is 0. The zero-order valence-electron chi connectivity index (χ0n) is 14.4. The van der Waals surface area contributed by atoms with Gasteiger partial charge < -0.3 is 15.5 Å². The first kappa shape index (κ1) is 16.8. The number of nitrogens with one attached hydrogen (secondary N) is 2. The number of benzene rings is 1. The lowest BCUT2D eigenvalue weighted by Crippen LogP contribution is -2.46. The molecule has 24 heavy (non-hydrogen) atoms. The number of hydrogen-bond donors (Lipinski definition) is 2. The van der Waals surface area contributed by atoms with Crippen LogP contribution in [0.1, 0.15) is 44.1 Å². The molecule has 0 spiro atoms. The predicted molar refractivity (Wildman–Crippen MR) is 94.9 cm³/mol. The van der Waals surface area contributed by atoms with Crippen molar-refractivity contribution in [2.24, 2.45) is 5.92 Å². The van der Waals surface area contributed by atoms with Crippen molar-refractivity contribution < 1.29 is 9.59 Å². The van der Waals surface area contributed by atoms with Crippen LogP contribution in [0, 0.1) is 12.8 Å². The van der Waals surface area contributed by atoms with Gasteiger partial charge in [0.05, 0.1) is 0 Å². The molecule has 2 N–H and O–H groups in total. The van der Waals surface area contributed by atoms with Crippen LogP contribution in [0.15, 0.2) is 24.3 Å². The van der Waals surface area contributed by atoms with Crippen molar-refractivity contribution in [2.75, 3.05) is 18.4 Å². The van der Waals surface area contributed by atoms with Gasteiger partial charge >= 0.3 is 6.03 Å². The van der Waals surface area contributed by atoms with E-state index >= 15 is 0 Å². The molecule has 0 radical (unpaired) electrons. The summed E-state index contributed by atoms with van der Waals surface area (Å²) in [5.41, 5.74) is 1.98. The number of carbonyl (C=O) groups excluding carboxylic acids is 2. The molecule has 5 heteroatoms. The summed E-state index contributed by atoms with van der Waals surface area (Å²) in [4.78, 5) is 26.5. The third kappa shape index (κ3) is 4.28. The third-order valence-corrected chi connectivity index (χ3v) is 5.16. The highest BCUT2D eigenvalue weighted by Gasteiger charge is 2.29. The second kappa shape index (κ2) is 7.69. The predicted octanol–water partition coefficient (Wildman–Crippen LogP) is 3.30. The standard InChI is InChI=1S/C19H27N3O2/c1-14-6-8-17(9-7-14)21-19(24)22-12-10-15(11-13-22)18(23)20-16-4-2-3-5-16/h6-9,15-16H,2-5,10-13H2,1H3,(H,20,23)(H,21,24). The molecule has 1 aliphatic heterocycles. The van der Waals surface area contributed by atoms with E-state index in [1.165, 1.54) is 18.4 Å². The lowest BCUT2D eigenvalue weighted by molar-refractivity contribution is -0.126. The van der Waals surface area contributed by atoms with Crippen molar-refractivity contribution in [2.45, 2.75) is 51.5 Å². The Morgan fingerprint density at radius 3 is 2.25 bits per heavy atom. The van der Waals surface area contributed by atoms with Crippen LogP contribution < -0.4 is 10.6 Å². The van der Waals surface area contributed by atoms with Gasteiger partial charge in [-0.1, -0.05) is 30.5 Å². The summed E-state index contributed by atoms with van der Waals surface area (Å²) < 4.78 is 0. The molecule has 0 bridgehead atoms. The summed E-state index contributed by atoms with van der Waals surface area (Å²) in [6.07, 6.45) is 6.18. The Morgan fingerprint density at radius 2 is 1.62 bits per heavy atom. The van der Waals surface area contributed by atoms with Gasteiger partial charge in [0.1, 0.15) is 0 Å². The molecular formula is C19H27N3O2. The second-order valence-electron chi connectivity index (χ2n) is 7.05. The second-order valence-corrected chi connectivity index (χ2v) is 7.05. The van der Waals surface area contributed by atoms with Crippen LogP contribution in [0.25, 0.3) is 0 Å². The van der Waals surface area contributed by atoms with Crippen LogP contribution in [-0.2, 0) is 4.79 Å². The lowest BCUT2D eigenvalue weighted by atomic mass is 9.95. The number of anilines is 1. The number of rotatable bonds is 3. The van der Waals surface area contributed by atoms with Gasteiger partial charge in [0, 0.05) is 30.7 Å². The topological polar surface area (TPSA) is 61.4 Å². The number of carbonyl (C=O) groups is 2. The molecule has 0 unspecified atom stereocenters. The van der Waals surface area contributed by atoms with Crippen LogP contribution in [0.3, 0.4) is 0 Å². The summed E-state index contributed by atoms with van der Waals surface area (Å²) in [5, 5.41) is 6.11. The minimum atomic E-state index is -0.0755. The number of urea groups is 1. The Balaban J connectivity index is 1.44. The molecule has 130 valence electrons. The number of nitrogens with zero attached hydrogens (tertiary/aromatic N) is 1. The summed E-state index contributed by atoms with van der Waals surface area (Å²) in [5.74, 6) is 0.231. The molecule has 1 aliphatic carbocycles. The van der Waals surface area contributed by atoms with E-state index in [0.29, 0.717) is 19.1 Å². The molecule has 3 amide bonds. The molecule has 5 nitrogen and oxygen atoms in total. The molecule has 0 atom stereocenters. The Kier molecular flexibility index (Phi) is 5.38. The summed E-state index contributed by atoms with van der Waals surface area (Å²) >= 11 is 0. The molecule has 2 fully saturated rings. The Bertz CT molecular complexity index is 571. The van der Waals surface area contributed by atoms with Crippen molar-refractivity contribution in [1.29, 1.82) is 0 Å². The Morgan fingerprint density at radius 1 is 1.00 bits per heavy atom. The fourth-order valence-electron chi connectivity index (χ4n) is 3.57. The molecule has 1 saturated carbocycles. The zero-order valence-corrected chi connectivity index (χ0v) is 14.4. The van der Waals surface area contributed by atoms with Crippen LogP contribution in [0.4, 0.5) is 10.5 Å². The van der Waals surface area contributed by atoms with Gasteiger partial charge in [-0.2, -0.15) is 0 Å². The monoisotopic (exact) mass is 329 g/mol. The fourth-order valence-corrected chi connectivity index (χ4v) is 3.57. The maximum atomic E-state index is 12.3. The number of likely N-dealkylation sites (tertiary alicyclic amines) is 1. The van der Waals surface area contributed by atoms with Crippen molar-refractivity contribution in [3.63, 3.8) is 0 Å². The summed E-state index contributed by atoms with van der Waals surface area (Å²) in [6.45, 7) is 3.30. The van der Waals surface area contributed by atoms with E-state index in [0.717, 1.165) is 31.4 Å². The lowest BCUT2D eigenvalue weighted by Gasteiger charge is -2.32. The van der Waals surface area contributed by atoms with E-state index in [9.17, 15) is 9.59 Å². The van der Waals surface area contributed by atoms with E-state index in [2.05, 4.69) is 10.6 Å². The van der Waals surface area contributed by atoms with Crippen LogP contribution in [0.2, 0.25) is 0 Å². The molecule has 3 rings (SSSR count).